The van der Waals surface area contributed by atoms with Gasteiger partial charge in [-0.2, -0.15) is 12.6 Å². The van der Waals surface area contributed by atoms with Crippen molar-refractivity contribution in [3.05, 3.63) is 23.2 Å². The van der Waals surface area contributed by atoms with Crippen LogP contribution in [0.3, 0.4) is 0 Å². The lowest BCUT2D eigenvalue weighted by Gasteiger charge is -1.97. The lowest BCUT2D eigenvalue weighted by molar-refractivity contribution is -0.115. The van der Waals surface area contributed by atoms with E-state index in [1.165, 1.54) is 11.3 Å². The van der Waals surface area contributed by atoms with E-state index in [4.69, 9.17) is 11.6 Å². The summed E-state index contributed by atoms with van der Waals surface area (Å²) < 4.78 is 0.966. The molecule has 84 valence electrons. The first-order valence-electron chi connectivity index (χ1n) is 4.66. The van der Waals surface area contributed by atoms with Crippen molar-refractivity contribution in [3.8, 4) is 0 Å². The highest BCUT2D eigenvalue weighted by molar-refractivity contribution is 7.80. The molecule has 3 nitrogen and oxygen atoms in total. The predicted octanol–water partition coefficient (Wildman–Crippen LogP) is 3.21. The molecular formula is C10H9ClN2OS2. The van der Waals surface area contributed by atoms with Crippen molar-refractivity contribution >= 4 is 56.8 Å². The van der Waals surface area contributed by atoms with Crippen molar-refractivity contribution in [2.24, 2.45) is 0 Å². The van der Waals surface area contributed by atoms with E-state index < -0.39 is 0 Å². The van der Waals surface area contributed by atoms with Crippen LogP contribution in [-0.4, -0.2) is 16.6 Å². The highest BCUT2D eigenvalue weighted by Gasteiger charge is 2.07. The average Bonchev–Trinajstić information content (AvgIpc) is 2.59. The summed E-state index contributed by atoms with van der Waals surface area (Å²) in [5.74, 6) is 0.461. The van der Waals surface area contributed by atoms with Crippen molar-refractivity contribution in [3.63, 3.8) is 0 Å². The minimum absolute atomic E-state index is 0.0693. The molecule has 16 heavy (non-hydrogen) atoms. The van der Waals surface area contributed by atoms with Crippen LogP contribution in [0, 0.1) is 0 Å². The van der Waals surface area contributed by atoms with Gasteiger partial charge in [-0.05, 0) is 24.0 Å². The van der Waals surface area contributed by atoms with Gasteiger partial charge in [0.2, 0.25) is 5.91 Å². The van der Waals surface area contributed by atoms with Crippen LogP contribution in [0.5, 0.6) is 0 Å². The Labute approximate surface area is 107 Å². The van der Waals surface area contributed by atoms with Gasteiger partial charge in [-0.3, -0.25) is 4.79 Å². The number of thiazole rings is 1. The van der Waals surface area contributed by atoms with Gasteiger partial charge in [0.25, 0.3) is 0 Å². The van der Waals surface area contributed by atoms with E-state index in [9.17, 15) is 4.79 Å². The third-order valence-corrected chi connectivity index (χ3v) is 3.33. The maximum atomic E-state index is 11.3. The molecule has 0 saturated heterocycles. The molecule has 0 aliphatic heterocycles. The van der Waals surface area contributed by atoms with E-state index in [0.29, 0.717) is 22.3 Å². The number of nitrogens with one attached hydrogen (secondary N) is 1. The van der Waals surface area contributed by atoms with Crippen molar-refractivity contribution in [2.45, 2.75) is 6.42 Å². The summed E-state index contributed by atoms with van der Waals surface area (Å²) in [4.78, 5) is 15.6. The second kappa shape index (κ2) is 5.03. The lowest BCUT2D eigenvalue weighted by atomic mass is 10.3. The van der Waals surface area contributed by atoms with Crippen molar-refractivity contribution in [1.82, 2.24) is 4.98 Å². The zero-order valence-corrected chi connectivity index (χ0v) is 10.7. The first-order valence-corrected chi connectivity index (χ1v) is 6.48. The molecular weight excluding hydrogens is 264 g/mol. The molecule has 6 heteroatoms. The Morgan fingerprint density at radius 1 is 1.56 bits per heavy atom. The van der Waals surface area contributed by atoms with E-state index in [-0.39, 0.29) is 5.91 Å². The van der Waals surface area contributed by atoms with Gasteiger partial charge in [-0.15, -0.1) is 0 Å². The van der Waals surface area contributed by atoms with E-state index in [1.54, 1.807) is 6.07 Å². The Morgan fingerprint density at radius 2 is 2.38 bits per heavy atom. The summed E-state index contributed by atoms with van der Waals surface area (Å²) in [5, 5.41) is 4.00. The molecule has 1 N–H and O–H groups in total. The minimum atomic E-state index is -0.0693. The number of nitrogens with zero attached hydrogens (tertiary/aromatic N) is 1. The van der Waals surface area contributed by atoms with E-state index >= 15 is 0 Å². The summed E-state index contributed by atoms with van der Waals surface area (Å²) >= 11 is 11.3. The Bertz CT molecular complexity index is 527. The second-order valence-corrected chi connectivity index (χ2v) is 5.07. The molecule has 1 aromatic heterocycles. The number of hydrogen-bond acceptors (Lipinski definition) is 4. The van der Waals surface area contributed by atoms with Crippen LogP contribution >= 0.6 is 35.6 Å². The Balaban J connectivity index is 2.23. The van der Waals surface area contributed by atoms with Crippen LogP contribution in [0.4, 0.5) is 5.13 Å². The fourth-order valence-corrected chi connectivity index (χ4v) is 2.60. The number of rotatable bonds is 3. The number of halogens is 1. The van der Waals surface area contributed by atoms with E-state index in [0.717, 1.165) is 10.2 Å². The summed E-state index contributed by atoms with van der Waals surface area (Å²) in [7, 11) is 0. The number of thiol groups is 1. The Kier molecular flexibility index (Phi) is 3.68. The number of carbonyl (C=O) groups excluding carboxylic acids is 1. The normalized spacial score (nSPS) is 10.6. The van der Waals surface area contributed by atoms with Gasteiger partial charge in [0.05, 0.1) is 10.2 Å². The van der Waals surface area contributed by atoms with Gasteiger partial charge in [-0.25, -0.2) is 4.98 Å². The molecule has 0 atom stereocenters. The molecule has 2 aromatic rings. The number of benzene rings is 1. The zero-order chi connectivity index (χ0) is 11.5. The standard InChI is InChI=1S/C10H9ClN2OS2/c11-6-1-2-7-8(5-6)16-10(12-7)13-9(14)3-4-15/h1-2,5,15H,3-4H2,(H,12,13,14). The first-order chi connectivity index (χ1) is 7.69. The largest absolute Gasteiger partial charge is 0.302 e. The molecule has 0 spiro atoms. The van der Waals surface area contributed by atoms with Gasteiger partial charge < -0.3 is 5.32 Å². The SMILES string of the molecule is O=C(CCS)Nc1nc2ccc(Cl)cc2s1. The highest BCUT2D eigenvalue weighted by atomic mass is 35.5. The maximum Gasteiger partial charge on any atom is 0.226 e. The molecule has 0 saturated carbocycles. The molecule has 0 unspecified atom stereocenters. The van der Waals surface area contributed by atoms with Crippen LogP contribution in [0.15, 0.2) is 18.2 Å². The Hall–Kier alpha value is -0.780. The molecule has 1 aromatic carbocycles. The zero-order valence-electron chi connectivity index (χ0n) is 8.24. The molecule has 2 rings (SSSR count). The first kappa shape index (κ1) is 11.7. The topological polar surface area (TPSA) is 42.0 Å². The van der Waals surface area contributed by atoms with Crippen LogP contribution in [0.25, 0.3) is 10.2 Å². The van der Waals surface area contributed by atoms with Crippen LogP contribution in [0.2, 0.25) is 5.02 Å². The number of aromatic nitrogens is 1. The van der Waals surface area contributed by atoms with Gasteiger partial charge in [0, 0.05) is 11.4 Å². The van der Waals surface area contributed by atoms with E-state index in [2.05, 4.69) is 22.9 Å². The smallest absolute Gasteiger partial charge is 0.226 e. The van der Waals surface area contributed by atoms with Crippen LogP contribution < -0.4 is 5.32 Å². The van der Waals surface area contributed by atoms with Crippen molar-refractivity contribution < 1.29 is 4.79 Å². The van der Waals surface area contributed by atoms with E-state index in [1.807, 2.05) is 12.1 Å². The van der Waals surface area contributed by atoms with Gasteiger partial charge in [-0.1, -0.05) is 22.9 Å². The molecule has 1 amide bonds. The highest BCUT2D eigenvalue weighted by Crippen LogP contribution is 2.28. The summed E-state index contributed by atoms with van der Waals surface area (Å²) in [6.07, 6.45) is 0.389. The fraction of sp³-hybridized carbons (Fsp3) is 0.200. The lowest BCUT2D eigenvalue weighted by Crippen LogP contribution is -2.11. The van der Waals surface area contributed by atoms with Crippen molar-refractivity contribution in [1.29, 1.82) is 0 Å². The predicted molar refractivity (Wildman–Crippen MR) is 71.7 cm³/mol. The second-order valence-electron chi connectivity index (χ2n) is 3.15. The number of hydrogen-bond donors (Lipinski definition) is 2. The third kappa shape index (κ3) is 2.66. The molecule has 1 heterocycles. The van der Waals surface area contributed by atoms with Crippen LogP contribution in [-0.2, 0) is 4.79 Å². The average molecular weight is 273 g/mol. The van der Waals surface area contributed by atoms with Crippen molar-refractivity contribution in [2.75, 3.05) is 11.1 Å². The summed E-state index contributed by atoms with van der Waals surface area (Å²) in [6, 6.07) is 5.45. The number of fused-ring (bicyclic) bond motifs is 1. The Morgan fingerprint density at radius 3 is 3.12 bits per heavy atom. The monoisotopic (exact) mass is 272 g/mol. The third-order valence-electron chi connectivity index (χ3n) is 1.94. The molecule has 0 fully saturated rings. The maximum absolute atomic E-state index is 11.3. The van der Waals surface area contributed by atoms with Gasteiger partial charge in [0.15, 0.2) is 5.13 Å². The molecule has 0 radical (unpaired) electrons. The molecule has 0 bridgehead atoms. The number of amides is 1. The summed E-state index contributed by atoms with van der Waals surface area (Å²) in [5.41, 5.74) is 0.843. The van der Waals surface area contributed by atoms with Gasteiger partial charge >= 0.3 is 0 Å². The van der Waals surface area contributed by atoms with Crippen LogP contribution in [0.1, 0.15) is 6.42 Å². The fourth-order valence-electron chi connectivity index (χ4n) is 1.24. The number of anilines is 1. The number of carbonyl (C=O) groups is 1. The minimum Gasteiger partial charge on any atom is -0.302 e. The quantitative estimate of drug-likeness (QED) is 0.843. The van der Waals surface area contributed by atoms with Gasteiger partial charge in [0.1, 0.15) is 0 Å². The molecule has 0 aliphatic rings. The molecule has 0 aliphatic carbocycles. The summed E-state index contributed by atoms with van der Waals surface area (Å²) in [6.45, 7) is 0.